The third-order valence-electron chi connectivity index (χ3n) is 3.00. The van der Waals surface area contributed by atoms with Gasteiger partial charge in [-0.1, -0.05) is 13.3 Å². The molecule has 0 spiro atoms. The van der Waals surface area contributed by atoms with Crippen LogP contribution in [0.3, 0.4) is 0 Å². The van der Waals surface area contributed by atoms with Gasteiger partial charge in [-0.3, -0.25) is 4.79 Å². The second-order valence-corrected chi connectivity index (χ2v) is 6.77. The molecule has 1 atom stereocenters. The van der Waals surface area contributed by atoms with E-state index < -0.39 is 9.73 Å². The van der Waals surface area contributed by atoms with E-state index in [4.69, 9.17) is 4.78 Å². The smallest absolute Gasteiger partial charge is 0.253 e. The maximum absolute atomic E-state index is 12.3. The highest BCUT2D eigenvalue weighted by Gasteiger charge is 2.14. The Morgan fingerprint density at radius 3 is 2.26 bits per heavy atom. The Morgan fingerprint density at radius 2 is 1.84 bits per heavy atom. The van der Waals surface area contributed by atoms with E-state index in [1.165, 1.54) is 6.26 Å². The summed E-state index contributed by atoms with van der Waals surface area (Å²) in [5.74, 6) is -0.00455. The van der Waals surface area contributed by atoms with Crippen molar-refractivity contribution in [3.05, 3.63) is 29.8 Å². The first-order chi connectivity index (χ1) is 8.90. The van der Waals surface area contributed by atoms with E-state index in [2.05, 4.69) is 6.92 Å². The molecule has 0 aromatic heterocycles. The molecular formula is C14H22N2O2S. The molecule has 19 heavy (non-hydrogen) atoms. The van der Waals surface area contributed by atoms with Crippen molar-refractivity contribution in [2.45, 2.75) is 31.6 Å². The van der Waals surface area contributed by atoms with Gasteiger partial charge in [0.2, 0.25) is 0 Å². The predicted octanol–water partition coefficient (Wildman–Crippen LogP) is 2.98. The van der Waals surface area contributed by atoms with Gasteiger partial charge in [-0.15, -0.1) is 0 Å². The number of hydrogen-bond acceptors (Lipinski definition) is 3. The molecule has 5 heteroatoms. The number of carbonyl (C=O) groups is 1. The van der Waals surface area contributed by atoms with Crippen molar-refractivity contribution in [3.8, 4) is 0 Å². The lowest BCUT2D eigenvalue weighted by Gasteiger charge is -2.20. The molecule has 0 saturated carbocycles. The Balaban J connectivity index is 2.88. The summed E-state index contributed by atoms with van der Waals surface area (Å²) in [5, 5.41) is 0. The van der Waals surface area contributed by atoms with Gasteiger partial charge in [-0.25, -0.2) is 8.99 Å². The third kappa shape index (κ3) is 4.35. The maximum Gasteiger partial charge on any atom is 0.253 e. The summed E-state index contributed by atoms with van der Waals surface area (Å²) in [5.41, 5.74) is 0.588. The van der Waals surface area contributed by atoms with Crippen molar-refractivity contribution in [3.63, 3.8) is 0 Å². The van der Waals surface area contributed by atoms with Crippen LogP contribution in [-0.4, -0.2) is 34.4 Å². The molecule has 0 saturated heterocycles. The standard InChI is InChI=1S/C14H22N2O2S/c1-4-6-11-16(5-2)14(17)12-7-9-13(10-8-12)19(3,15)18/h7-10,15H,4-6,11H2,1-3H3. The molecule has 1 N–H and O–H groups in total. The number of rotatable bonds is 6. The van der Waals surface area contributed by atoms with Crippen LogP contribution in [0, 0.1) is 4.78 Å². The Labute approximate surface area is 115 Å². The SMILES string of the molecule is CCCCN(CC)C(=O)c1ccc(S(C)(=N)=O)cc1. The molecule has 0 bridgehead atoms. The zero-order valence-electron chi connectivity index (χ0n) is 11.8. The second kappa shape index (κ2) is 6.70. The van der Waals surface area contributed by atoms with Crippen molar-refractivity contribution in [1.82, 2.24) is 4.90 Å². The van der Waals surface area contributed by atoms with Crippen LogP contribution >= 0.6 is 0 Å². The molecule has 0 aliphatic heterocycles. The summed E-state index contributed by atoms with van der Waals surface area (Å²) in [6, 6.07) is 6.53. The molecule has 0 fully saturated rings. The first-order valence-corrected chi connectivity index (χ1v) is 8.50. The fourth-order valence-electron chi connectivity index (χ4n) is 1.79. The quantitative estimate of drug-likeness (QED) is 0.872. The molecule has 1 amide bonds. The van der Waals surface area contributed by atoms with Crippen molar-refractivity contribution >= 4 is 15.6 Å². The fourth-order valence-corrected chi connectivity index (χ4v) is 2.45. The van der Waals surface area contributed by atoms with Crippen LogP contribution in [0.15, 0.2) is 29.2 Å². The summed E-state index contributed by atoms with van der Waals surface area (Å²) in [7, 11) is -2.71. The Kier molecular flexibility index (Phi) is 5.54. The molecule has 4 nitrogen and oxygen atoms in total. The maximum atomic E-state index is 12.3. The molecule has 1 aromatic rings. The average Bonchev–Trinajstić information content (AvgIpc) is 2.38. The van der Waals surface area contributed by atoms with Gasteiger partial charge in [0, 0.05) is 29.8 Å². The van der Waals surface area contributed by atoms with E-state index in [9.17, 15) is 9.00 Å². The lowest BCUT2D eigenvalue weighted by atomic mass is 10.2. The van der Waals surface area contributed by atoms with Crippen LogP contribution in [-0.2, 0) is 9.73 Å². The van der Waals surface area contributed by atoms with Gasteiger partial charge >= 0.3 is 0 Å². The van der Waals surface area contributed by atoms with Crippen molar-refractivity contribution in [1.29, 1.82) is 4.78 Å². The van der Waals surface area contributed by atoms with E-state index in [1.54, 1.807) is 24.3 Å². The van der Waals surface area contributed by atoms with Gasteiger partial charge in [-0.05, 0) is 37.6 Å². The van der Waals surface area contributed by atoms with E-state index in [0.29, 0.717) is 17.0 Å². The van der Waals surface area contributed by atoms with Crippen LogP contribution in [0.5, 0.6) is 0 Å². The topological polar surface area (TPSA) is 61.2 Å². The third-order valence-corrected chi connectivity index (χ3v) is 4.17. The average molecular weight is 282 g/mol. The lowest BCUT2D eigenvalue weighted by molar-refractivity contribution is 0.0762. The highest BCUT2D eigenvalue weighted by molar-refractivity contribution is 7.91. The van der Waals surface area contributed by atoms with Crippen LogP contribution in [0.4, 0.5) is 0 Å². The molecule has 0 heterocycles. The van der Waals surface area contributed by atoms with Crippen LogP contribution in [0.1, 0.15) is 37.0 Å². The lowest BCUT2D eigenvalue weighted by Crippen LogP contribution is -2.31. The minimum absolute atomic E-state index is 0.00455. The molecule has 0 radical (unpaired) electrons. The number of nitrogens with zero attached hydrogens (tertiary/aromatic N) is 1. The molecule has 0 aliphatic rings. The largest absolute Gasteiger partial charge is 0.339 e. The van der Waals surface area contributed by atoms with Crippen LogP contribution in [0.2, 0.25) is 0 Å². The van der Waals surface area contributed by atoms with E-state index >= 15 is 0 Å². The highest BCUT2D eigenvalue weighted by atomic mass is 32.2. The zero-order chi connectivity index (χ0) is 14.5. The van der Waals surface area contributed by atoms with Gasteiger partial charge < -0.3 is 4.90 Å². The first-order valence-electron chi connectivity index (χ1n) is 6.53. The zero-order valence-corrected chi connectivity index (χ0v) is 12.6. The van der Waals surface area contributed by atoms with E-state index in [-0.39, 0.29) is 5.91 Å². The fraction of sp³-hybridized carbons (Fsp3) is 0.500. The number of carbonyl (C=O) groups excluding carboxylic acids is 1. The van der Waals surface area contributed by atoms with Gasteiger partial charge in [0.15, 0.2) is 0 Å². The summed E-state index contributed by atoms with van der Waals surface area (Å²) in [6.45, 7) is 5.50. The van der Waals surface area contributed by atoms with Gasteiger partial charge in [0.1, 0.15) is 0 Å². The predicted molar refractivity (Wildman–Crippen MR) is 78.0 cm³/mol. The first kappa shape index (κ1) is 15.7. The Bertz CT molecular complexity index is 521. The monoisotopic (exact) mass is 282 g/mol. The van der Waals surface area contributed by atoms with Crippen LogP contribution in [0.25, 0.3) is 0 Å². The van der Waals surface area contributed by atoms with E-state index in [1.807, 2.05) is 11.8 Å². The summed E-state index contributed by atoms with van der Waals surface area (Å²) < 4.78 is 19.1. The van der Waals surface area contributed by atoms with Crippen molar-refractivity contribution < 1.29 is 9.00 Å². The number of benzene rings is 1. The molecule has 1 aromatic carbocycles. The van der Waals surface area contributed by atoms with Crippen molar-refractivity contribution in [2.24, 2.45) is 0 Å². The minimum atomic E-state index is -2.71. The normalized spacial score (nSPS) is 13.8. The Hall–Kier alpha value is -1.36. The molecular weight excluding hydrogens is 260 g/mol. The molecule has 0 aliphatic carbocycles. The molecule has 1 unspecified atom stereocenters. The van der Waals surface area contributed by atoms with Gasteiger partial charge in [-0.2, -0.15) is 0 Å². The van der Waals surface area contributed by atoms with Crippen molar-refractivity contribution in [2.75, 3.05) is 19.3 Å². The summed E-state index contributed by atoms with van der Waals surface area (Å²) >= 11 is 0. The van der Waals surface area contributed by atoms with E-state index in [0.717, 1.165) is 19.4 Å². The Morgan fingerprint density at radius 1 is 1.26 bits per heavy atom. The number of nitrogens with one attached hydrogen (secondary N) is 1. The molecule has 106 valence electrons. The summed E-state index contributed by atoms with van der Waals surface area (Å²) in [6.07, 6.45) is 3.43. The second-order valence-electron chi connectivity index (χ2n) is 4.61. The number of hydrogen-bond donors (Lipinski definition) is 1. The number of unbranched alkanes of at least 4 members (excludes halogenated alkanes) is 1. The van der Waals surface area contributed by atoms with Gasteiger partial charge in [0.05, 0.1) is 9.73 Å². The highest BCUT2D eigenvalue weighted by Crippen LogP contribution is 2.13. The van der Waals surface area contributed by atoms with Gasteiger partial charge in [0.25, 0.3) is 5.91 Å². The summed E-state index contributed by atoms with van der Waals surface area (Å²) in [4.78, 5) is 14.5. The number of amides is 1. The minimum Gasteiger partial charge on any atom is -0.339 e. The van der Waals surface area contributed by atoms with Crippen LogP contribution < -0.4 is 0 Å². The molecule has 1 rings (SSSR count).